The summed E-state index contributed by atoms with van der Waals surface area (Å²) in [5.74, 6) is -3.61. The molecule has 9 aliphatic rings. The molecule has 45 atom stereocenters. The van der Waals surface area contributed by atoms with Crippen LogP contribution >= 0.6 is 0 Å². The SMILES string of the molecule is CC(=O)N[C@@H]1[C@@H](O[C@@H]2O[C@@H](C)[C@@H](O)[C@@H](O)[C@@H]2O)[C@H](O[C@@H]2O[C@H](CO)[C@@H](O[C@@H]3O[C@H](CO[C@H]4O[C@H](CO)[C@@H](O)[C@H](O)[C@@H]4O[C@@H]4O[C@H](CO)[C@@H](O[C@@H]5O[C@H](CO)[C@H](O)[C@H](O)[C@H]5O)[C@H](O)[C@H]4NC(C)=O)[C@@H](O)[C@H](O[C@H]4O[C@H](CO)[C@@H](O)[C@H](O)[C@@H]4O[C@@H]4O[C@H](CO)[C@@H](O)[C@H](O)[C@H]4NC(C)=O)[C@@H]3O)[C@H](O)[C@H]2NC(C)=O)[C@@H](CO)O[C@H]1O. The quantitative estimate of drug-likeness (QED) is 0.0346. The molecule has 111 heavy (non-hydrogen) atoms. The fraction of sp³-hybridized carbons (Fsp3) is 0.935. The number of carbonyl (C=O) groups is 4. The summed E-state index contributed by atoms with van der Waals surface area (Å²) < 4.78 is 101. The molecule has 0 aromatic carbocycles. The summed E-state index contributed by atoms with van der Waals surface area (Å²) >= 11 is 0. The van der Waals surface area contributed by atoms with Crippen molar-refractivity contribution in [1.29, 1.82) is 0 Å². The van der Waals surface area contributed by atoms with Crippen molar-refractivity contribution < 1.29 is 222 Å². The van der Waals surface area contributed by atoms with E-state index in [-0.39, 0.29) is 0 Å². The lowest BCUT2D eigenvalue weighted by Crippen LogP contribution is -2.71. The van der Waals surface area contributed by atoms with Gasteiger partial charge in [-0.25, -0.2) is 0 Å². The largest absolute Gasteiger partial charge is 0.394 e. The van der Waals surface area contributed by atoms with Gasteiger partial charge in [0.2, 0.25) is 23.6 Å². The van der Waals surface area contributed by atoms with E-state index in [1.165, 1.54) is 6.92 Å². The second kappa shape index (κ2) is 39.7. The third kappa shape index (κ3) is 20.2. The zero-order valence-electron chi connectivity index (χ0n) is 59.9. The summed E-state index contributed by atoms with van der Waals surface area (Å²) in [6, 6.07) is -7.42. The third-order valence-electron chi connectivity index (χ3n) is 20.3. The van der Waals surface area contributed by atoms with Crippen molar-refractivity contribution in [2.75, 3.05) is 52.9 Å². The molecule has 49 nitrogen and oxygen atoms in total. The molecule has 0 aromatic heterocycles. The van der Waals surface area contributed by atoms with E-state index in [2.05, 4.69) is 21.3 Å². The van der Waals surface area contributed by atoms with E-state index in [0.717, 1.165) is 27.7 Å². The highest BCUT2D eigenvalue weighted by molar-refractivity contribution is 5.74. The van der Waals surface area contributed by atoms with Crippen LogP contribution in [0.15, 0.2) is 0 Å². The minimum Gasteiger partial charge on any atom is -0.394 e. The fourth-order valence-electron chi connectivity index (χ4n) is 14.4. The number of carbonyl (C=O) groups excluding carboxylic acids is 4. The summed E-state index contributed by atoms with van der Waals surface area (Å²) in [7, 11) is 0. The number of hydrogen-bond acceptors (Lipinski definition) is 45. The first-order chi connectivity index (χ1) is 52.5. The highest BCUT2D eigenvalue weighted by Gasteiger charge is 2.61. The molecule has 9 fully saturated rings. The van der Waals surface area contributed by atoms with E-state index in [1.54, 1.807) is 0 Å². The Morgan fingerprint density at radius 1 is 0.252 bits per heavy atom. The number of aliphatic hydroxyl groups is 24. The average Bonchev–Trinajstić information content (AvgIpc) is 0.763. The van der Waals surface area contributed by atoms with Crippen molar-refractivity contribution in [3.63, 3.8) is 0 Å². The molecule has 28 N–H and O–H groups in total. The Morgan fingerprint density at radius 2 is 0.559 bits per heavy atom. The molecule has 49 heteroatoms. The van der Waals surface area contributed by atoms with E-state index in [0.29, 0.717) is 0 Å². The number of ether oxygens (including phenoxy) is 17. The van der Waals surface area contributed by atoms with E-state index >= 15 is 0 Å². The zero-order chi connectivity index (χ0) is 81.8. The van der Waals surface area contributed by atoms with Gasteiger partial charge in [0.15, 0.2) is 56.6 Å². The standard InChI is InChI=1S/C62H104N4O45/c1-14-31(78)40(87)44(91)58(96-14)108-50-30(66-18(5)77)54(94)97-25(12-73)49(50)107-56-28(64-16(3)75)38(85)48(24(11-72)102-56)106-60-46(93)51(109-62-53(43(90)35(82)22(9-70)101-62)111-55-27(63-15(2)74)37(84)32(79)19(6-67)98-55)36(83)26(104-60)13-95-61-52(42(89)34(81)21(8-69)100-61)110-57-29(65-17(4)76)39(86)47(23(10-71)103-57)105-59-45(92)41(88)33(80)20(7-68)99-59/h14,19-62,67-73,78-94H,6-13H2,1-5H3,(H,63,74)(H,64,75)(H,65,76)(H,66,77)/t14-,19+,20+,21+,22+,23+,24+,25+,26+,27+,28+,29+,30+,31+,32+,33-,34+,35+,36+,37+,38+,39+,40+,41-,42-,43-,44-,45+,46-,47+,48+,49+,50+,51-,52-,53-,54+,55-,56-,57-,58-,59-,60-,61-,62+/m0/s1. The Morgan fingerprint density at radius 3 is 1.01 bits per heavy atom. The molecule has 9 saturated heterocycles. The molecule has 0 bridgehead atoms. The number of amides is 4. The first-order valence-corrected chi connectivity index (χ1v) is 35.5. The number of nitrogens with one attached hydrogen (secondary N) is 4. The highest BCUT2D eigenvalue weighted by Crippen LogP contribution is 2.40. The molecule has 9 heterocycles. The van der Waals surface area contributed by atoms with Crippen molar-refractivity contribution in [3.8, 4) is 0 Å². The van der Waals surface area contributed by atoms with Crippen LogP contribution in [0.5, 0.6) is 0 Å². The van der Waals surface area contributed by atoms with Gasteiger partial charge < -0.3 is 224 Å². The van der Waals surface area contributed by atoms with Gasteiger partial charge in [0.1, 0.15) is 213 Å². The maximum Gasteiger partial charge on any atom is 0.217 e. The number of aliphatic hydroxyl groups excluding tert-OH is 24. The van der Waals surface area contributed by atoms with Crippen LogP contribution < -0.4 is 21.3 Å². The molecule has 9 rings (SSSR count). The predicted molar refractivity (Wildman–Crippen MR) is 342 cm³/mol. The molecule has 0 radical (unpaired) electrons. The summed E-state index contributed by atoms with van der Waals surface area (Å²) in [6.07, 6.45) is -83.8. The van der Waals surface area contributed by atoms with Crippen molar-refractivity contribution >= 4 is 23.6 Å². The molecule has 642 valence electrons. The van der Waals surface area contributed by atoms with Crippen LogP contribution in [-0.4, -0.2) is 475 Å². The molecular formula is C62H104N4O45. The van der Waals surface area contributed by atoms with E-state index in [1.807, 2.05) is 0 Å². The lowest BCUT2D eigenvalue weighted by molar-refractivity contribution is -0.397. The van der Waals surface area contributed by atoms with Crippen molar-refractivity contribution in [3.05, 3.63) is 0 Å². The Bertz CT molecular complexity index is 2950. The van der Waals surface area contributed by atoms with E-state index in [4.69, 9.17) is 80.5 Å². The molecule has 0 aliphatic carbocycles. The zero-order valence-corrected chi connectivity index (χ0v) is 59.9. The number of rotatable bonds is 28. The second-order valence-electron chi connectivity index (χ2n) is 28.1. The van der Waals surface area contributed by atoms with Gasteiger partial charge in [0.05, 0.1) is 59.0 Å². The van der Waals surface area contributed by atoms with E-state index in [9.17, 15) is 142 Å². The van der Waals surface area contributed by atoms with Gasteiger partial charge >= 0.3 is 0 Å². The van der Waals surface area contributed by atoms with Crippen LogP contribution in [0.1, 0.15) is 34.6 Å². The van der Waals surface area contributed by atoms with Gasteiger partial charge in [-0.05, 0) is 6.92 Å². The van der Waals surface area contributed by atoms with Crippen LogP contribution in [-0.2, 0) is 99.7 Å². The smallest absolute Gasteiger partial charge is 0.217 e. The van der Waals surface area contributed by atoms with Crippen molar-refractivity contribution in [2.24, 2.45) is 0 Å². The molecule has 9 aliphatic heterocycles. The van der Waals surface area contributed by atoms with Crippen LogP contribution in [0.4, 0.5) is 0 Å². The topological polar surface area (TPSA) is 759 Å². The highest BCUT2D eigenvalue weighted by atomic mass is 16.8. The third-order valence-corrected chi connectivity index (χ3v) is 20.3. The minimum absolute atomic E-state index is 0.844. The first kappa shape index (κ1) is 91.1. The van der Waals surface area contributed by atoms with Crippen LogP contribution in [0.3, 0.4) is 0 Å². The van der Waals surface area contributed by atoms with Crippen molar-refractivity contribution in [2.45, 2.75) is 311 Å². The molecule has 0 unspecified atom stereocenters. The molecule has 0 spiro atoms. The lowest BCUT2D eigenvalue weighted by Gasteiger charge is -2.51. The summed E-state index contributed by atoms with van der Waals surface area (Å²) in [5, 5.41) is 276. The summed E-state index contributed by atoms with van der Waals surface area (Å²) in [5.41, 5.74) is 0. The Balaban J connectivity index is 1.06. The summed E-state index contributed by atoms with van der Waals surface area (Å²) in [4.78, 5) is 51.3. The monoisotopic (exact) mass is 1620 g/mol. The minimum atomic E-state index is -2.56. The number of hydrogen-bond donors (Lipinski definition) is 28. The molecule has 0 aromatic rings. The normalized spacial score (nSPS) is 49.3. The Labute approximate surface area is 629 Å². The van der Waals surface area contributed by atoms with Gasteiger partial charge in [-0.1, -0.05) is 0 Å². The lowest BCUT2D eigenvalue weighted by atomic mass is 9.93. The van der Waals surface area contributed by atoms with Crippen LogP contribution in [0.2, 0.25) is 0 Å². The van der Waals surface area contributed by atoms with Gasteiger partial charge in [-0.2, -0.15) is 0 Å². The maximum atomic E-state index is 13.2. The molecular weight excluding hydrogens is 1520 g/mol. The molecule has 4 amide bonds. The Kier molecular flexibility index (Phi) is 32.6. The predicted octanol–water partition coefficient (Wildman–Crippen LogP) is -19.0. The van der Waals surface area contributed by atoms with Gasteiger partial charge in [0, 0.05) is 27.7 Å². The average molecular weight is 1630 g/mol. The van der Waals surface area contributed by atoms with Gasteiger partial charge in [0.25, 0.3) is 0 Å². The molecule has 0 saturated carbocycles. The fourth-order valence-corrected chi connectivity index (χ4v) is 14.4. The van der Waals surface area contributed by atoms with Crippen LogP contribution in [0, 0.1) is 0 Å². The first-order valence-electron chi connectivity index (χ1n) is 35.5. The van der Waals surface area contributed by atoms with Crippen LogP contribution in [0.25, 0.3) is 0 Å². The van der Waals surface area contributed by atoms with Gasteiger partial charge in [-0.15, -0.1) is 0 Å². The van der Waals surface area contributed by atoms with E-state index < -0.39 is 353 Å². The second-order valence-corrected chi connectivity index (χ2v) is 28.1. The Hall–Kier alpha value is -3.76. The van der Waals surface area contributed by atoms with Crippen molar-refractivity contribution in [1.82, 2.24) is 21.3 Å². The summed E-state index contributed by atoms with van der Waals surface area (Å²) in [6.45, 7) is -3.66. The van der Waals surface area contributed by atoms with Gasteiger partial charge in [-0.3, -0.25) is 19.2 Å². The maximum absolute atomic E-state index is 13.2.